The molecular formula is C17H23N3O3. The normalized spacial score (nSPS) is 21.4. The molecule has 1 aliphatic heterocycles. The maximum Gasteiger partial charge on any atom is 0.307 e. The average molecular weight is 317 g/mol. The lowest BCUT2D eigenvalue weighted by Gasteiger charge is -2.39. The Morgan fingerprint density at radius 1 is 1.39 bits per heavy atom. The van der Waals surface area contributed by atoms with Crippen LogP contribution in [-0.2, 0) is 16.1 Å². The number of nitrogens with zero attached hydrogens (tertiary/aromatic N) is 2. The van der Waals surface area contributed by atoms with Crippen molar-refractivity contribution in [2.75, 3.05) is 27.3 Å². The summed E-state index contributed by atoms with van der Waals surface area (Å²) in [6, 6.07) is 10.4. The molecule has 1 fully saturated rings. The monoisotopic (exact) mass is 317 g/mol. The van der Waals surface area contributed by atoms with Gasteiger partial charge in [0.1, 0.15) is 5.75 Å². The number of ether oxygens (including phenoxy) is 2. The highest BCUT2D eigenvalue weighted by molar-refractivity contribution is 5.70. The lowest BCUT2D eigenvalue weighted by atomic mass is 10.0. The lowest BCUT2D eigenvalue weighted by molar-refractivity contribution is -0.141. The maximum absolute atomic E-state index is 11.5. The van der Waals surface area contributed by atoms with Crippen LogP contribution in [0.2, 0.25) is 0 Å². The number of nitriles is 1. The van der Waals surface area contributed by atoms with E-state index in [0.717, 1.165) is 17.9 Å². The Hall–Kier alpha value is -2.10. The second-order valence-electron chi connectivity index (χ2n) is 5.68. The molecule has 23 heavy (non-hydrogen) atoms. The van der Waals surface area contributed by atoms with E-state index < -0.39 is 0 Å². The van der Waals surface area contributed by atoms with Gasteiger partial charge in [-0.1, -0.05) is 12.1 Å². The molecule has 1 saturated heterocycles. The Bertz CT molecular complexity index is 553. The number of methoxy groups -OCH3 is 2. The highest BCUT2D eigenvalue weighted by Gasteiger charge is 2.29. The highest BCUT2D eigenvalue weighted by Crippen LogP contribution is 2.18. The molecule has 1 aromatic carbocycles. The molecule has 1 heterocycles. The van der Waals surface area contributed by atoms with Crippen LogP contribution in [0.25, 0.3) is 0 Å². The smallest absolute Gasteiger partial charge is 0.307 e. The van der Waals surface area contributed by atoms with Crippen LogP contribution >= 0.6 is 0 Å². The van der Waals surface area contributed by atoms with Crippen molar-refractivity contribution in [1.82, 2.24) is 10.2 Å². The Morgan fingerprint density at radius 2 is 2.13 bits per heavy atom. The van der Waals surface area contributed by atoms with E-state index in [1.54, 1.807) is 7.11 Å². The van der Waals surface area contributed by atoms with Crippen LogP contribution in [0.15, 0.2) is 24.3 Å². The molecule has 0 aliphatic carbocycles. The molecule has 1 N–H and O–H groups in total. The number of rotatable bonds is 6. The van der Waals surface area contributed by atoms with Gasteiger partial charge in [-0.25, -0.2) is 0 Å². The summed E-state index contributed by atoms with van der Waals surface area (Å²) in [7, 11) is 3.05. The quantitative estimate of drug-likeness (QED) is 0.798. The summed E-state index contributed by atoms with van der Waals surface area (Å²) >= 11 is 0. The van der Waals surface area contributed by atoms with Gasteiger partial charge in [0, 0.05) is 31.7 Å². The Morgan fingerprint density at radius 3 is 2.74 bits per heavy atom. The third-order valence-electron chi connectivity index (χ3n) is 4.13. The summed E-state index contributed by atoms with van der Waals surface area (Å²) in [4.78, 5) is 13.7. The van der Waals surface area contributed by atoms with E-state index in [9.17, 15) is 4.79 Å². The number of hydrogen-bond donors (Lipinski definition) is 1. The first kappa shape index (κ1) is 17.3. The number of nitrogens with one attached hydrogen (secondary N) is 1. The molecule has 124 valence electrons. The van der Waals surface area contributed by atoms with Crippen molar-refractivity contribution in [3.63, 3.8) is 0 Å². The number of carbonyl (C=O) groups is 1. The molecule has 0 radical (unpaired) electrons. The summed E-state index contributed by atoms with van der Waals surface area (Å²) < 4.78 is 9.92. The molecule has 2 atom stereocenters. The Kier molecular flexibility index (Phi) is 6.39. The molecule has 0 amide bonds. The second-order valence-corrected chi connectivity index (χ2v) is 5.68. The van der Waals surface area contributed by atoms with Gasteiger partial charge in [-0.3, -0.25) is 9.69 Å². The van der Waals surface area contributed by atoms with E-state index in [2.05, 4.69) is 16.3 Å². The Labute approximate surface area is 137 Å². The fourth-order valence-corrected chi connectivity index (χ4v) is 2.82. The molecule has 1 aromatic rings. The zero-order valence-electron chi connectivity index (χ0n) is 13.6. The van der Waals surface area contributed by atoms with E-state index in [0.29, 0.717) is 25.9 Å². The number of esters is 1. The number of carbonyl (C=O) groups excluding carboxylic acids is 1. The van der Waals surface area contributed by atoms with Crippen LogP contribution in [0.5, 0.6) is 5.75 Å². The first-order chi connectivity index (χ1) is 11.2. The number of piperazine rings is 1. The SMILES string of the molecule is COC(=O)CC1CN(Cc2ccc(OC)cc2)C(CC#N)CN1. The van der Waals surface area contributed by atoms with E-state index >= 15 is 0 Å². The van der Waals surface area contributed by atoms with Crippen molar-refractivity contribution in [2.24, 2.45) is 0 Å². The first-order valence-electron chi connectivity index (χ1n) is 7.70. The molecule has 1 aliphatic rings. The number of hydrogen-bond acceptors (Lipinski definition) is 6. The summed E-state index contributed by atoms with van der Waals surface area (Å²) in [6.07, 6.45) is 0.809. The fraction of sp³-hybridized carbons (Fsp3) is 0.529. The highest BCUT2D eigenvalue weighted by atomic mass is 16.5. The second kappa shape index (κ2) is 8.51. The molecule has 6 heteroatoms. The van der Waals surface area contributed by atoms with Crippen LogP contribution in [0.3, 0.4) is 0 Å². The zero-order chi connectivity index (χ0) is 16.7. The molecule has 2 rings (SSSR count). The zero-order valence-corrected chi connectivity index (χ0v) is 13.6. The van der Waals surface area contributed by atoms with Gasteiger partial charge in [0.25, 0.3) is 0 Å². The summed E-state index contributed by atoms with van der Waals surface area (Å²) in [5.74, 6) is 0.608. The predicted molar refractivity (Wildman–Crippen MR) is 85.8 cm³/mol. The van der Waals surface area contributed by atoms with Crippen LogP contribution in [0.1, 0.15) is 18.4 Å². The van der Waals surface area contributed by atoms with Crippen LogP contribution in [0, 0.1) is 11.3 Å². The van der Waals surface area contributed by atoms with Crippen molar-refractivity contribution in [1.29, 1.82) is 5.26 Å². The molecule has 0 saturated carbocycles. The molecule has 0 aromatic heterocycles. The van der Waals surface area contributed by atoms with Crippen molar-refractivity contribution in [3.05, 3.63) is 29.8 Å². The van der Waals surface area contributed by atoms with E-state index in [4.69, 9.17) is 14.7 Å². The van der Waals surface area contributed by atoms with Crippen LogP contribution < -0.4 is 10.1 Å². The first-order valence-corrected chi connectivity index (χ1v) is 7.70. The predicted octanol–water partition coefficient (Wildman–Crippen LogP) is 1.31. The van der Waals surface area contributed by atoms with Crippen molar-refractivity contribution >= 4 is 5.97 Å². The third-order valence-corrected chi connectivity index (χ3v) is 4.13. The lowest BCUT2D eigenvalue weighted by Crippen LogP contribution is -2.56. The topological polar surface area (TPSA) is 74.6 Å². The molecular weight excluding hydrogens is 294 g/mol. The van der Waals surface area contributed by atoms with Crippen molar-refractivity contribution in [3.8, 4) is 11.8 Å². The van der Waals surface area contributed by atoms with Gasteiger partial charge in [-0.05, 0) is 17.7 Å². The largest absolute Gasteiger partial charge is 0.497 e. The van der Waals surface area contributed by atoms with Gasteiger partial charge in [0.15, 0.2) is 0 Å². The van der Waals surface area contributed by atoms with Crippen LogP contribution in [0.4, 0.5) is 0 Å². The summed E-state index contributed by atoms with van der Waals surface area (Å²) in [6.45, 7) is 2.16. The molecule has 2 unspecified atom stereocenters. The minimum atomic E-state index is -0.217. The van der Waals surface area contributed by atoms with E-state index in [1.165, 1.54) is 7.11 Å². The van der Waals surface area contributed by atoms with Gasteiger partial charge in [-0.15, -0.1) is 0 Å². The van der Waals surface area contributed by atoms with E-state index in [-0.39, 0.29) is 18.1 Å². The van der Waals surface area contributed by atoms with Crippen molar-refractivity contribution in [2.45, 2.75) is 31.5 Å². The molecule has 0 spiro atoms. The fourth-order valence-electron chi connectivity index (χ4n) is 2.82. The third kappa shape index (κ3) is 4.95. The van der Waals surface area contributed by atoms with Gasteiger partial charge in [-0.2, -0.15) is 5.26 Å². The summed E-state index contributed by atoms with van der Waals surface area (Å²) in [5, 5.41) is 12.4. The van der Waals surface area contributed by atoms with Gasteiger partial charge in [0.05, 0.1) is 33.1 Å². The minimum Gasteiger partial charge on any atom is -0.497 e. The minimum absolute atomic E-state index is 0.0515. The van der Waals surface area contributed by atoms with Crippen LogP contribution in [-0.4, -0.2) is 50.3 Å². The van der Waals surface area contributed by atoms with E-state index in [1.807, 2.05) is 24.3 Å². The van der Waals surface area contributed by atoms with Gasteiger partial charge >= 0.3 is 5.97 Å². The maximum atomic E-state index is 11.5. The van der Waals surface area contributed by atoms with Gasteiger partial charge in [0.2, 0.25) is 0 Å². The molecule has 0 bridgehead atoms. The van der Waals surface area contributed by atoms with Crippen molar-refractivity contribution < 1.29 is 14.3 Å². The average Bonchev–Trinajstić information content (AvgIpc) is 2.58. The van der Waals surface area contributed by atoms with Gasteiger partial charge < -0.3 is 14.8 Å². The molecule has 6 nitrogen and oxygen atoms in total. The number of benzene rings is 1. The summed E-state index contributed by atoms with van der Waals surface area (Å²) in [5.41, 5.74) is 1.16. The Balaban J connectivity index is 2.03. The standard InChI is InChI=1S/C17H23N3O3/c1-22-16-5-3-13(4-6-16)11-20-12-14(9-17(21)23-2)19-10-15(20)7-8-18/h3-6,14-15,19H,7,9-12H2,1-2H3.